The topological polar surface area (TPSA) is 132 Å². The molecule has 22 heteroatoms. The lowest BCUT2D eigenvalue weighted by molar-refractivity contribution is -0.440. The van der Waals surface area contributed by atoms with E-state index in [9.17, 15) is 76.8 Å². The maximum absolute atomic E-state index is 14.1. The lowest BCUT2D eigenvalue weighted by atomic mass is 9.70. The van der Waals surface area contributed by atoms with Crippen LogP contribution in [0, 0.1) is 27.4 Å². The molecule has 0 fully saturated rings. The molecular formula is C25H22F13N3O6. The summed E-state index contributed by atoms with van der Waals surface area (Å²) in [7, 11) is 0.909. The Labute approximate surface area is 254 Å². The summed E-state index contributed by atoms with van der Waals surface area (Å²) in [5, 5.41) is 18.9. The van der Waals surface area contributed by atoms with Gasteiger partial charge in [0.15, 0.2) is 0 Å². The number of hydrogen-bond donors (Lipinski definition) is 1. The van der Waals surface area contributed by atoms with Crippen molar-refractivity contribution in [2.45, 2.75) is 67.5 Å². The number of nitro benzene ring substituents is 1. The Bertz CT molecular complexity index is 1400. The Kier molecular flexibility index (Phi) is 11.0. The van der Waals surface area contributed by atoms with Crippen LogP contribution in [-0.4, -0.2) is 84.3 Å². The first-order valence-electron chi connectivity index (χ1n) is 12.7. The van der Waals surface area contributed by atoms with Crippen molar-refractivity contribution < 1.29 is 81.1 Å². The molecule has 0 aliphatic carbocycles. The van der Waals surface area contributed by atoms with Crippen molar-refractivity contribution in [3.63, 3.8) is 0 Å². The van der Waals surface area contributed by atoms with Crippen LogP contribution < -0.4 is 0 Å². The number of hydrogen-bond acceptors (Lipinski definition) is 8. The first kappa shape index (κ1) is 39.2. The third-order valence-corrected chi connectivity index (χ3v) is 7.16. The highest BCUT2D eigenvalue weighted by Gasteiger charge is 2.90. The number of benzene rings is 1. The monoisotopic (exact) mass is 707 g/mol. The number of carbonyl (C=O) groups excluding carboxylic acids is 2. The van der Waals surface area contributed by atoms with Crippen molar-refractivity contribution in [1.82, 2.24) is 0 Å². The summed E-state index contributed by atoms with van der Waals surface area (Å²) < 4.78 is 183. The minimum absolute atomic E-state index is 0.0948. The molecule has 4 atom stereocenters. The SMILES string of the molecule is COC(=O)C1C(C=N)N=C(C)C(C(=O)OCCCC(F)(F)C(F)(F)C(F)(F)C(F)(F)C(F)(F)C(F)(F)F)C1c1cccc([N+](=O)[O-])c1. The average Bonchev–Trinajstić information content (AvgIpc) is 2.97. The van der Waals surface area contributed by atoms with Crippen LogP contribution in [0.3, 0.4) is 0 Å². The number of aliphatic imine (C=N–C) groups is 1. The van der Waals surface area contributed by atoms with E-state index in [0.29, 0.717) is 6.21 Å². The molecule has 1 heterocycles. The van der Waals surface area contributed by atoms with Gasteiger partial charge in [0.05, 0.1) is 30.6 Å². The van der Waals surface area contributed by atoms with E-state index in [1.54, 1.807) is 0 Å². The summed E-state index contributed by atoms with van der Waals surface area (Å²) >= 11 is 0. The maximum atomic E-state index is 14.1. The van der Waals surface area contributed by atoms with Crippen molar-refractivity contribution in [3.8, 4) is 0 Å². The molecule has 264 valence electrons. The normalized spacial score (nSPS) is 21.5. The fraction of sp³-hybridized carbons (Fsp3) is 0.600. The number of rotatable bonds is 13. The number of halogens is 13. The molecule has 9 nitrogen and oxygen atoms in total. The number of alkyl halides is 13. The van der Waals surface area contributed by atoms with Gasteiger partial charge in [-0.25, -0.2) is 0 Å². The first-order valence-corrected chi connectivity index (χ1v) is 12.7. The zero-order valence-electron chi connectivity index (χ0n) is 23.6. The van der Waals surface area contributed by atoms with E-state index in [4.69, 9.17) is 14.9 Å². The summed E-state index contributed by atoms with van der Waals surface area (Å²) in [6.07, 6.45) is -11.1. The highest BCUT2D eigenvalue weighted by atomic mass is 19.4. The zero-order valence-corrected chi connectivity index (χ0v) is 23.6. The van der Waals surface area contributed by atoms with Gasteiger partial charge in [-0.05, 0) is 18.9 Å². The number of methoxy groups -OCH3 is 1. The Balaban J connectivity index is 2.36. The predicted molar refractivity (Wildman–Crippen MR) is 131 cm³/mol. The lowest BCUT2D eigenvalue weighted by Crippen LogP contribution is -2.70. The van der Waals surface area contributed by atoms with E-state index in [2.05, 4.69) is 4.99 Å². The van der Waals surface area contributed by atoms with Crippen molar-refractivity contribution in [1.29, 1.82) is 5.41 Å². The van der Waals surface area contributed by atoms with E-state index < -0.39 is 102 Å². The Morgan fingerprint density at radius 2 is 1.49 bits per heavy atom. The van der Waals surface area contributed by atoms with Crippen LogP contribution in [0.2, 0.25) is 0 Å². The van der Waals surface area contributed by atoms with Gasteiger partial charge in [0.2, 0.25) is 0 Å². The van der Waals surface area contributed by atoms with Crippen LogP contribution in [-0.2, 0) is 19.1 Å². The van der Waals surface area contributed by atoms with Crippen LogP contribution in [0.5, 0.6) is 0 Å². The maximum Gasteiger partial charge on any atom is 0.460 e. The lowest BCUT2D eigenvalue weighted by Gasteiger charge is -2.39. The standard InChI is InChI=1S/C25H22F13N3O6/c1-11-15(16(12-5-3-6-13(9-12)41(44)45)17(18(42)46-2)14(10-39)40-11)19(43)47-8-4-7-20(26,27)21(28,29)22(30,31)23(32,33)24(34,35)25(36,37)38/h3,5-6,9-10,14-17,39H,4,7-8H2,1-2H3. The highest BCUT2D eigenvalue weighted by Crippen LogP contribution is 2.60. The molecular weight excluding hydrogens is 685 g/mol. The summed E-state index contributed by atoms with van der Waals surface area (Å²) in [6.45, 7) is -0.235. The second-order valence-electron chi connectivity index (χ2n) is 10.1. The molecule has 1 aliphatic heterocycles. The van der Waals surface area contributed by atoms with Gasteiger partial charge in [-0.1, -0.05) is 12.1 Å². The van der Waals surface area contributed by atoms with Crippen molar-refractivity contribution in [2.75, 3.05) is 13.7 Å². The minimum atomic E-state index is -8.05. The highest BCUT2D eigenvalue weighted by molar-refractivity contribution is 6.04. The van der Waals surface area contributed by atoms with Crippen molar-refractivity contribution in [2.24, 2.45) is 16.8 Å². The molecule has 0 radical (unpaired) electrons. The molecule has 1 aliphatic rings. The van der Waals surface area contributed by atoms with Gasteiger partial charge < -0.3 is 14.9 Å². The molecule has 0 aromatic heterocycles. The van der Waals surface area contributed by atoms with Gasteiger partial charge in [0.1, 0.15) is 5.92 Å². The average molecular weight is 707 g/mol. The molecule has 1 aromatic rings. The van der Waals surface area contributed by atoms with E-state index in [-0.39, 0.29) is 11.3 Å². The second kappa shape index (κ2) is 13.2. The smallest absolute Gasteiger partial charge is 0.460 e. The number of non-ortho nitro benzene ring substituents is 1. The molecule has 1 N–H and O–H groups in total. The number of nitro groups is 1. The summed E-state index contributed by atoms with van der Waals surface area (Å²) in [4.78, 5) is 40.2. The second-order valence-corrected chi connectivity index (χ2v) is 10.1. The summed E-state index contributed by atoms with van der Waals surface area (Å²) in [5.74, 6) is -45.1. The molecule has 47 heavy (non-hydrogen) atoms. The van der Waals surface area contributed by atoms with Gasteiger partial charge in [-0.3, -0.25) is 24.7 Å². The molecule has 0 saturated heterocycles. The van der Waals surface area contributed by atoms with Crippen molar-refractivity contribution >= 4 is 29.6 Å². The number of ether oxygens (including phenoxy) is 2. The Hall–Kier alpha value is -4.01. The van der Waals surface area contributed by atoms with E-state index in [1.807, 2.05) is 0 Å². The zero-order chi connectivity index (χ0) is 36.6. The third-order valence-electron chi connectivity index (χ3n) is 7.16. The van der Waals surface area contributed by atoms with E-state index in [0.717, 1.165) is 32.2 Å². The number of esters is 2. The van der Waals surface area contributed by atoms with Crippen LogP contribution in [0.15, 0.2) is 29.3 Å². The van der Waals surface area contributed by atoms with Crippen LogP contribution in [0.4, 0.5) is 62.8 Å². The Morgan fingerprint density at radius 3 is 1.98 bits per heavy atom. The number of nitrogens with zero attached hydrogens (tertiary/aromatic N) is 2. The van der Waals surface area contributed by atoms with Crippen molar-refractivity contribution in [3.05, 3.63) is 39.9 Å². The quantitative estimate of drug-likeness (QED) is 0.0611. The molecule has 0 saturated carbocycles. The van der Waals surface area contributed by atoms with Crippen LogP contribution >= 0.6 is 0 Å². The minimum Gasteiger partial charge on any atom is -0.469 e. The Morgan fingerprint density at radius 1 is 0.936 bits per heavy atom. The van der Waals surface area contributed by atoms with Gasteiger partial charge in [-0.15, -0.1) is 0 Å². The fourth-order valence-electron chi connectivity index (χ4n) is 4.72. The molecule has 0 amide bonds. The first-order chi connectivity index (χ1) is 21.2. The van der Waals surface area contributed by atoms with E-state index >= 15 is 0 Å². The number of carbonyl (C=O) groups is 2. The van der Waals surface area contributed by atoms with Gasteiger partial charge in [0.25, 0.3) is 5.69 Å². The van der Waals surface area contributed by atoms with Gasteiger partial charge >= 0.3 is 47.7 Å². The van der Waals surface area contributed by atoms with Gasteiger partial charge in [-0.2, -0.15) is 57.1 Å². The van der Waals surface area contributed by atoms with Crippen LogP contribution in [0.1, 0.15) is 31.2 Å². The molecule has 2 rings (SSSR count). The summed E-state index contributed by atoms with van der Waals surface area (Å²) in [6, 6.07) is 3.01. The molecule has 0 spiro atoms. The molecule has 1 aromatic carbocycles. The fourth-order valence-corrected chi connectivity index (χ4v) is 4.72. The third kappa shape index (κ3) is 6.85. The van der Waals surface area contributed by atoms with E-state index in [1.165, 1.54) is 6.07 Å². The predicted octanol–water partition coefficient (Wildman–Crippen LogP) is 6.64. The summed E-state index contributed by atoms with van der Waals surface area (Å²) in [5.41, 5.74) is -0.838. The molecule has 4 unspecified atom stereocenters. The van der Waals surface area contributed by atoms with Crippen LogP contribution in [0.25, 0.3) is 0 Å². The largest absolute Gasteiger partial charge is 0.469 e. The van der Waals surface area contributed by atoms with Gasteiger partial charge in [0, 0.05) is 36.4 Å². The molecule has 0 bridgehead atoms. The number of nitrogens with one attached hydrogen (secondary N) is 1.